The summed E-state index contributed by atoms with van der Waals surface area (Å²) in [6.45, 7) is 2.77. The van der Waals surface area contributed by atoms with Gasteiger partial charge in [0.15, 0.2) is 0 Å². The number of aliphatic hydroxyl groups excluding tert-OH is 2. The van der Waals surface area contributed by atoms with Gasteiger partial charge < -0.3 is 19.7 Å². The molecule has 4 heteroatoms. The van der Waals surface area contributed by atoms with E-state index in [1.165, 1.54) is 0 Å². The molecule has 4 nitrogen and oxygen atoms in total. The predicted octanol–water partition coefficient (Wildman–Crippen LogP) is -0.0920. The van der Waals surface area contributed by atoms with Crippen LogP contribution in [0.5, 0.6) is 0 Å². The van der Waals surface area contributed by atoms with Crippen molar-refractivity contribution in [2.45, 2.75) is 6.92 Å². The quantitative estimate of drug-likeness (QED) is 0.420. The van der Waals surface area contributed by atoms with Crippen LogP contribution in [0.2, 0.25) is 0 Å². The molecule has 0 unspecified atom stereocenters. The van der Waals surface area contributed by atoms with Crippen molar-refractivity contribution in [3.63, 3.8) is 0 Å². The zero-order chi connectivity index (χ0) is 9.23. The first-order valence-corrected chi connectivity index (χ1v) is 3.92. The van der Waals surface area contributed by atoms with Gasteiger partial charge in [0.05, 0.1) is 19.8 Å². The van der Waals surface area contributed by atoms with Crippen molar-refractivity contribution < 1.29 is 19.7 Å². The molecule has 0 radical (unpaired) electrons. The van der Waals surface area contributed by atoms with Crippen LogP contribution in [0.25, 0.3) is 0 Å². The van der Waals surface area contributed by atoms with Crippen LogP contribution >= 0.6 is 0 Å². The average Bonchev–Trinajstić information content (AvgIpc) is 2.11. The van der Waals surface area contributed by atoms with Gasteiger partial charge in [0, 0.05) is 0 Å². The third kappa shape index (κ3) is 6.15. The number of aliphatic hydroxyl groups is 2. The van der Waals surface area contributed by atoms with Gasteiger partial charge in [0.2, 0.25) is 0 Å². The smallest absolute Gasteiger partial charge is 0.117 e. The van der Waals surface area contributed by atoms with Crippen LogP contribution in [0.4, 0.5) is 0 Å². The Morgan fingerprint density at radius 3 is 2.42 bits per heavy atom. The Kier molecular flexibility index (Phi) is 8.10. The Balaban J connectivity index is 3.41. The second-order valence-electron chi connectivity index (χ2n) is 2.10. The monoisotopic (exact) mass is 176 g/mol. The molecule has 0 bridgehead atoms. The van der Waals surface area contributed by atoms with Crippen molar-refractivity contribution in [2.75, 3.05) is 33.0 Å². The van der Waals surface area contributed by atoms with Crippen molar-refractivity contribution in [3.8, 4) is 0 Å². The highest BCUT2D eigenvalue weighted by atomic mass is 16.5. The van der Waals surface area contributed by atoms with Crippen molar-refractivity contribution in [3.05, 3.63) is 11.8 Å². The maximum Gasteiger partial charge on any atom is 0.117 e. The first-order chi connectivity index (χ1) is 5.85. The molecule has 0 aromatic heterocycles. The molecular weight excluding hydrogens is 160 g/mol. The van der Waals surface area contributed by atoms with Gasteiger partial charge in [-0.25, -0.2) is 0 Å². The minimum Gasteiger partial charge on any atom is -0.493 e. The van der Waals surface area contributed by atoms with E-state index in [4.69, 9.17) is 19.7 Å². The Hall–Kier alpha value is -0.580. The van der Waals surface area contributed by atoms with Crippen molar-refractivity contribution in [2.24, 2.45) is 0 Å². The van der Waals surface area contributed by atoms with E-state index in [0.717, 1.165) is 0 Å². The van der Waals surface area contributed by atoms with Gasteiger partial charge >= 0.3 is 0 Å². The number of hydrogen-bond acceptors (Lipinski definition) is 4. The van der Waals surface area contributed by atoms with Gasteiger partial charge in [-0.15, -0.1) is 0 Å². The van der Waals surface area contributed by atoms with Crippen LogP contribution in [0.15, 0.2) is 11.8 Å². The molecular formula is C8H16O4. The zero-order valence-corrected chi connectivity index (χ0v) is 7.32. The lowest BCUT2D eigenvalue weighted by atomic mass is 10.5. The SMILES string of the molecule is CC=C(COCCO)OCCO. The van der Waals surface area contributed by atoms with Crippen LogP contribution in [-0.4, -0.2) is 43.2 Å². The molecule has 0 aromatic rings. The molecule has 0 saturated carbocycles. The van der Waals surface area contributed by atoms with E-state index in [1.807, 2.05) is 6.92 Å². The molecule has 0 rings (SSSR count). The summed E-state index contributed by atoms with van der Waals surface area (Å²) in [5.74, 6) is 0.678. The van der Waals surface area contributed by atoms with E-state index in [2.05, 4.69) is 0 Å². The summed E-state index contributed by atoms with van der Waals surface area (Å²) in [5, 5.41) is 16.9. The van der Waals surface area contributed by atoms with Crippen LogP contribution in [0.1, 0.15) is 6.92 Å². The zero-order valence-electron chi connectivity index (χ0n) is 7.32. The molecule has 0 amide bonds. The van der Waals surface area contributed by atoms with Crippen molar-refractivity contribution >= 4 is 0 Å². The summed E-state index contributed by atoms with van der Waals surface area (Å²) in [7, 11) is 0. The van der Waals surface area contributed by atoms with E-state index >= 15 is 0 Å². The van der Waals surface area contributed by atoms with Gasteiger partial charge in [-0.2, -0.15) is 0 Å². The summed E-state index contributed by atoms with van der Waals surface area (Å²) in [4.78, 5) is 0. The molecule has 0 saturated heterocycles. The van der Waals surface area contributed by atoms with Crippen LogP contribution in [-0.2, 0) is 9.47 Å². The predicted molar refractivity (Wildman–Crippen MR) is 44.7 cm³/mol. The maximum atomic E-state index is 8.45. The molecule has 72 valence electrons. The standard InChI is InChI=1S/C8H16O4/c1-2-8(12-6-4-10)7-11-5-3-9/h2,9-10H,3-7H2,1H3. The van der Waals surface area contributed by atoms with Crippen LogP contribution in [0.3, 0.4) is 0 Å². The number of ether oxygens (including phenoxy) is 2. The second kappa shape index (κ2) is 8.52. The lowest BCUT2D eigenvalue weighted by molar-refractivity contribution is 0.0627. The maximum absolute atomic E-state index is 8.45. The lowest BCUT2D eigenvalue weighted by Gasteiger charge is -2.08. The van der Waals surface area contributed by atoms with Gasteiger partial charge in [-0.3, -0.25) is 0 Å². The largest absolute Gasteiger partial charge is 0.493 e. The molecule has 0 aliphatic heterocycles. The Morgan fingerprint density at radius 2 is 1.92 bits per heavy atom. The minimum atomic E-state index is -0.00264. The highest BCUT2D eigenvalue weighted by Gasteiger charge is 1.95. The number of hydrogen-bond donors (Lipinski definition) is 2. The molecule has 0 heterocycles. The molecule has 0 aliphatic rings. The summed E-state index contributed by atoms with van der Waals surface area (Å²) in [6, 6.07) is 0. The molecule has 2 N–H and O–H groups in total. The topological polar surface area (TPSA) is 58.9 Å². The Morgan fingerprint density at radius 1 is 1.25 bits per heavy atom. The van der Waals surface area contributed by atoms with Crippen LogP contribution in [0, 0.1) is 0 Å². The third-order valence-corrected chi connectivity index (χ3v) is 1.18. The van der Waals surface area contributed by atoms with Crippen LogP contribution < -0.4 is 0 Å². The Bertz CT molecular complexity index is 122. The van der Waals surface area contributed by atoms with Gasteiger partial charge in [-0.05, 0) is 13.0 Å². The fourth-order valence-corrected chi connectivity index (χ4v) is 0.622. The lowest BCUT2D eigenvalue weighted by Crippen LogP contribution is -2.07. The van der Waals surface area contributed by atoms with Gasteiger partial charge in [0.25, 0.3) is 0 Å². The molecule has 0 aliphatic carbocycles. The molecule has 0 atom stereocenters. The summed E-state index contributed by atoms with van der Waals surface area (Å²) < 4.78 is 10.1. The number of rotatable bonds is 7. The first kappa shape index (κ1) is 11.4. The van der Waals surface area contributed by atoms with E-state index in [-0.39, 0.29) is 19.8 Å². The van der Waals surface area contributed by atoms with Gasteiger partial charge in [0.1, 0.15) is 19.0 Å². The summed E-state index contributed by atoms with van der Waals surface area (Å²) in [5.41, 5.74) is 0. The van der Waals surface area contributed by atoms with E-state index in [9.17, 15) is 0 Å². The third-order valence-electron chi connectivity index (χ3n) is 1.18. The fraction of sp³-hybridized carbons (Fsp3) is 0.750. The normalized spacial score (nSPS) is 11.8. The number of allylic oxidation sites excluding steroid dienone is 1. The highest BCUT2D eigenvalue weighted by Crippen LogP contribution is 1.97. The first-order valence-electron chi connectivity index (χ1n) is 3.92. The molecule has 0 aromatic carbocycles. The van der Waals surface area contributed by atoms with E-state index < -0.39 is 0 Å². The van der Waals surface area contributed by atoms with Crippen molar-refractivity contribution in [1.82, 2.24) is 0 Å². The minimum absolute atomic E-state index is 0.00264. The molecule has 0 spiro atoms. The summed E-state index contributed by atoms with van der Waals surface area (Å²) in [6.07, 6.45) is 1.77. The molecule has 0 fully saturated rings. The van der Waals surface area contributed by atoms with E-state index in [1.54, 1.807) is 6.08 Å². The highest BCUT2D eigenvalue weighted by molar-refractivity contribution is 4.90. The Labute approximate surface area is 72.4 Å². The summed E-state index contributed by atoms with van der Waals surface area (Å²) >= 11 is 0. The molecule has 12 heavy (non-hydrogen) atoms. The van der Waals surface area contributed by atoms with E-state index in [0.29, 0.717) is 19.0 Å². The average molecular weight is 176 g/mol. The van der Waals surface area contributed by atoms with Crippen molar-refractivity contribution in [1.29, 1.82) is 0 Å². The van der Waals surface area contributed by atoms with Gasteiger partial charge in [-0.1, -0.05) is 0 Å². The second-order valence-corrected chi connectivity index (χ2v) is 2.10. The fourth-order valence-electron chi connectivity index (χ4n) is 0.622.